The van der Waals surface area contributed by atoms with Crippen LogP contribution < -0.4 is 5.32 Å². The highest BCUT2D eigenvalue weighted by Crippen LogP contribution is 2.60. The van der Waals surface area contributed by atoms with Crippen molar-refractivity contribution in [1.82, 2.24) is 15.5 Å². The van der Waals surface area contributed by atoms with E-state index in [0.717, 1.165) is 30.4 Å². The second-order valence-corrected chi connectivity index (χ2v) is 10.7. The summed E-state index contributed by atoms with van der Waals surface area (Å²) in [5, 5.41) is 12.8. The third kappa shape index (κ3) is 4.33. The molecular formula is C28H31Cl2N3O3. The van der Waals surface area contributed by atoms with Gasteiger partial charge in [-0.2, -0.15) is 0 Å². The van der Waals surface area contributed by atoms with Crippen molar-refractivity contribution < 1.29 is 13.9 Å². The maximum absolute atomic E-state index is 13.2. The third-order valence-corrected chi connectivity index (χ3v) is 8.72. The summed E-state index contributed by atoms with van der Waals surface area (Å²) in [6.07, 6.45) is 2.52. The lowest BCUT2D eigenvalue weighted by atomic mass is 9.54. The van der Waals surface area contributed by atoms with Crippen LogP contribution in [0.1, 0.15) is 68.9 Å². The number of benzene rings is 2. The zero-order valence-corrected chi connectivity index (χ0v) is 22.3. The Hall–Kier alpha value is -2.41. The van der Waals surface area contributed by atoms with Gasteiger partial charge in [0.25, 0.3) is 0 Å². The van der Waals surface area contributed by atoms with Crippen molar-refractivity contribution >= 4 is 29.1 Å². The van der Waals surface area contributed by atoms with Crippen molar-refractivity contribution in [2.75, 3.05) is 6.61 Å². The standard InChI is InChI=1S/C28H31Cl2N3O3/c1-4-28-13-12-21(24(17-6-9-19(29)10-7-17)25(28)16(3)31-27(28)34)20-11-8-18(14-22(20)30)26-33-32-23(36-26)15-35-5-2/h6-11,14,16,21,24-25H,4-5,12-13,15H2,1-3H3,(H,31,34)/t16-,21+,24+,25+,28-/m1/s1. The Balaban J connectivity index is 1.53. The molecule has 1 aromatic heterocycles. The lowest BCUT2D eigenvalue weighted by molar-refractivity contribution is -0.131. The average Bonchev–Trinajstić information content (AvgIpc) is 3.45. The number of fused-ring (bicyclic) bond motifs is 1. The highest BCUT2D eigenvalue weighted by molar-refractivity contribution is 6.31. The molecule has 0 unspecified atom stereocenters. The molecule has 8 heteroatoms. The smallest absolute Gasteiger partial charge is 0.247 e. The van der Waals surface area contributed by atoms with Crippen molar-refractivity contribution in [3.8, 4) is 11.5 Å². The van der Waals surface area contributed by atoms with Crippen LogP contribution in [0.2, 0.25) is 10.0 Å². The normalized spacial score (nSPS) is 27.6. The second kappa shape index (κ2) is 10.2. The van der Waals surface area contributed by atoms with E-state index in [1.54, 1.807) is 0 Å². The van der Waals surface area contributed by atoms with E-state index in [9.17, 15) is 4.79 Å². The Bertz CT molecular complexity index is 1250. The highest BCUT2D eigenvalue weighted by Gasteiger charge is 2.59. The minimum atomic E-state index is -0.368. The number of hydrogen-bond donors (Lipinski definition) is 1. The number of carbonyl (C=O) groups excluding carboxylic acids is 1. The molecule has 2 fully saturated rings. The number of halogens is 2. The maximum Gasteiger partial charge on any atom is 0.247 e. The zero-order chi connectivity index (χ0) is 25.4. The van der Waals surface area contributed by atoms with Crippen LogP contribution in [0, 0.1) is 11.3 Å². The molecule has 36 heavy (non-hydrogen) atoms. The predicted molar refractivity (Wildman–Crippen MR) is 140 cm³/mol. The monoisotopic (exact) mass is 527 g/mol. The van der Waals surface area contributed by atoms with Crippen molar-refractivity contribution in [2.45, 2.75) is 64.5 Å². The maximum atomic E-state index is 13.2. The molecule has 1 saturated carbocycles. The Morgan fingerprint density at radius 2 is 1.92 bits per heavy atom. The number of nitrogens with zero attached hydrogens (tertiary/aromatic N) is 2. The van der Waals surface area contributed by atoms with Gasteiger partial charge in [0.1, 0.15) is 6.61 Å². The summed E-state index contributed by atoms with van der Waals surface area (Å²) in [4.78, 5) is 13.2. The molecule has 1 aliphatic carbocycles. The van der Waals surface area contributed by atoms with E-state index in [1.165, 1.54) is 5.56 Å². The zero-order valence-electron chi connectivity index (χ0n) is 20.8. The molecule has 5 rings (SSSR count). The number of carbonyl (C=O) groups is 1. The summed E-state index contributed by atoms with van der Waals surface area (Å²) in [6.45, 7) is 7.04. The lowest BCUT2D eigenvalue weighted by Crippen LogP contribution is -2.43. The van der Waals surface area contributed by atoms with Gasteiger partial charge in [-0.3, -0.25) is 4.79 Å². The van der Waals surface area contributed by atoms with Gasteiger partial charge >= 0.3 is 0 Å². The van der Waals surface area contributed by atoms with E-state index in [0.29, 0.717) is 28.4 Å². The Labute approximate surface area is 221 Å². The lowest BCUT2D eigenvalue weighted by Gasteiger charge is -2.47. The highest BCUT2D eigenvalue weighted by atomic mass is 35.5. The Morgan fingerprint density at radius 1 is 1.14 bits per heavy atom. The van der Waals surface area contributed by atoms with E-state index in [1.807, 2.05) is 31.2 Å². The first-order valence-electron chi connectivity index (χ1n) is 12.6. The predicted octanol–water partition coefficient (Wildman–Crippen LogP) is 6.77. The van der Waals surface area contributed by atoms with Crippen LogP contribution in [0.3, 0.4) is 0 Å². The topological polar surface area (TPSA) is 77.2 Å². The molecule has 5 atom stereocenters. The minimum Gasteiger partial charge on any atom is -0.418 e. The van der Waals surface area contributed by atoms with Gasteiger partial charge in [-0.25, -0.2) is 0 Å². The number of ether oxygens (including phenoxy) is 1. The molecule has 2 aliphatic rings. The van der Waals surface area contributed by atoms with Crippen LogP contribution >= 0.6 is 23.2 Å². The van der Waals surface area contributed by atoms with Gasteiger partial charge in [0.05, 0.1) is 5.41 Å². The van der Waals surface area contributed by atoms with Crippen molar-refractivity contribution in [1.29, 1.82) is 0 Å². The fourth-order valence-corrected chi connectivity index (χ4v) is 6.92. The first-order valence-corrected chi connectivity index (χ1v) is 13.4. The molecule has 1 saturated heterocycles. The van der Waals surface area contributed by atoms with Gasteiger partial charge in [0.15, 0.2) is 0 Å². The molecule has 0 spiro atoms. The molecule has 0 radical (unpaired) electrons. The van der Waals surface area contributed by atoms with E-state index in [-0.39, 0.29) is 41.7 Å². The molecule has 2 aromatic carbocycles. The fourth-order valence-electron chi connectivity index (χ4n) is 6.47. The van der Waals surface area contributed by atoms with E-state index in [2.05, 4.69) is 47.6 Å². The quantitative estimate of drug-likeness (QED) is 0.366. The largest absolute Gasteiger partial charge is 0.418 e. The van der Waals surface area contributed by atoms with Crippen molar-refractivity contribution in [2.24, 2.45) is 11.3 Å². The molecule has 1 aliphatic heterocycles. The van der Waals surface area contributed by atoms with Gasteiger partial charge in [-0.1, -0.05) is 48.3 Å². The van der Waals surface area contributed by atoms with Gasteiger partial charge in [0, 0.05) is 34.2 Å². The molecule has 2 heterocycles. The van der Waals surface area contributed by atoms with Crippen molar-refractivity contribution in [3.05, 3.63) is 69.5 Å². The summed E-state index contributed by atoms with van der Waals surface area (Å²) in [5.41, 5.74) is 2.67. The van der Waals surface area contributed by atoms with Crippen LogP contribution in [-0.4, -0.2) is 28.8 Å². The average molecular weight is 528 g/mol. The molecule has 3 aromatic rings. The summed E-state index contributed by atoms with van der Waals surface area (Å²) in [6, 6.07) is 14.1. The molecule has 190 valence electrons. The Morgan fingerprint density at radius 3 is 2.61 bits per heavy atom. The Kier molecular flexibility index (Phi) is 7.12. The van der Waals surface area contributed by atoms with Crippen molar-refractivity contribution in [3.63, 3.8) is 0 Å². The van der Waals surface area contributed by atoms with E-state index < -0.39 is 0 Å². The number of nitrogens with one attached hydrogen (secondary N) is 1. The SMILES string of the molecule is CCOCc1nnc(-c2ccc([C@@H]3CC[C@@]4(CC)C(=O)N[C@H](C)[C@H]4[C@H]3c3ccc(Cl)cc3)c(Cl)c2)o1. The van der Waals surface area contributed by atoms with E-state index in [4.69, 9.17) is 32.4 Å². The summed E-state index contributed by atoms with van der Waals surface area (Å²) < 4.78 is 11.1. The summed E-state index contributed by atoms with van der Waals surface area (Å²) >= 11 is 13.2. The minimum absolute atomic E-state index is 0.0705. The van der Waals surface area contributed by atoms with Crippen LogP contribution in [0.5, 0.6) is 0 Å². The molecule has 6 nitrogen and oxygen atoms in total. The van der Waals surface area contributed by atoms with Crippen LogP contribution in [0.15, 0.2) is 46.9 Å². The van der Waals surface area contributed by atoms with Gasteiger partial charge < -0.3 is 14.5 Å². The summed E-state index contributed by atoms with van der Waals surface area (Å²) in [5.74, 6) is 1.47. The summed E-state index contributed by atoms with van der Waals surface area (Å²) in [7, 11) is 0. The van der Waals surface area contributed by atoms with Gasteiger partial charge in [0.2, 0.25) is 17.7 Å². The number of rotatable bonds is 7. The molecule has 1 N–H and O–H groups in total. The van der Waals surface area contributed by atoms with Gasteiger partial charge in [-0.15, -0.1) is 10.2 Å². The van der Waals surface area contributed by atoms with Crippen LogP contribution in [0.4, 0.5) is 0 Å². The first kappa shape index (κ1) is 25.2. The second-order valence-electron chi connectivity index (χ2n) is 9.89. The molecule has 0 bridgehead atoms. The third-order valence-electron chi connectivity index (χ3n) is 8.14. The first-order chi connectivity index (χ1) is 17.4. The van der Waals surface area contributed by atoms with Gasteiger partial charge in [-0.05, 0) is 80.3 Å². The fraction of sp³-hybridized carbons (Fsp3) is 0.464. The number of aromatic nitrogens is 2. The molecule has 1 amide bonds. The molecular weight excluding hydrogens is 497 g/mol. The number of hydrogen-bond acceptors (Lipinski definition) is 5. The van der Waals surface area contributed by atoms with Crippen LogP contribution in [-0.2, 0) is 16.1 Å². The van der Waals surface area contributed by atoms with Crippen LogP contribution in [0.25, 0.3) is 11.5 Å². The number of amides is 1. The van der Waals surface area contributed by atoms with E-state index >= 15 is 0 Å².